The Morgan fingerprint density at radius 3 is 2.54 bits per heavy atom. The summed E-state index contributed by atoms with van der Waals surface area (Å²) in [4.78, 5) is 12.7. The zero-order valence-corrected chi connectivity index (χ0v) is 15.6. The minimum Gasteiger partial charge on any atom is -0.344 e. The molecule has 2 aliphatic rings. The van der Waals surface area contributed by atoms with Gasteiger partial charge in [-0.1, -0.05) is 42.0 Å². The van der Waals surface area contributed by atoms with E-state index in [0.717, 1.165) is 25.9 Å². The zero-order valence-electron chi connectivity index (χ0n) is 14.8. The fraction of sp³-hybridized carbons (Fsp3) is 0.526. The molecule has 1 unspecified atom stereocenters. The highest BCUT2D eigenvalue weighted by molar-refractivity contribution is 5.92. The summed E-state index contributed by atoms with van der Waals surface area (Å²) >= 11 is 0. The summed E-state index contributed by atoms with van der Waals surface area (Å²) in [6.45, 7) is 1.98. The van der Waals surface area contributed by atoms with Crippen molar-refractivity contribution >= 4 is 18.3 Å². The van der Waals surface area contributed by atoms with E-state index in [-0.39, 0.29) is 24.4 Å². The highest BCUT2D eigenvalue weighted by atomic mass is 35.5. The van der Waals surface area contributed by atoms with E-state index in [1.807, 2.05) is 22.9 Å². The van der Waals surface area contributed by atoms with E-state index in [4.69, 9.17) is 0 Å². The minimum absolute atomic E-state index is 0. The van der Waals surface area contributed by atoms with Crippen molar-refractivity contribution in [3.05, 3.63) is 47.8 Å². The van der Waals surface area contributed by atoms with Crippen molar-refractivity contribution in [2.24, 2.45) is 5.92 Å². The topological polar surface area (TPSA) is 71.8 Å². The number of carbonyl (C=O) groups is 1. The summed E-state index contributed by atoms with van der Waals surface area (Å²) in [6.07, 6.45) is 7.44. The molecular weight excluding hydrogens is 350 g/mol. The van der Waals surface area contributed by atoms with E-state index >= 15 is 0 Å². The van der Waals surface area contributed by atoms with Gasteiger partial charge in [0.15, 0.2) is 5.69 Å². The maximum absolute atomic E-state index is 12.7. The molecule has 2 heterocycles. The van der Waals surface area contributed by atoms with Crippen LogP contribution in [0.15, 0.2) is 36.5 Å². The van der Waals surface area contributed by atoms with Crippen LogP contribution >= 0.6 is 12.4 Å². The lowest BCUT2D eigenvalue weighted by Crippen LogP contribution is -2.36. The number of piperidine rings is 1. The molecule has 1 atom stereocenters. The van der Waals surface area contributed by atoms with Crippen molar-refractivity contribution < 1.29 is 4.79 Å². The molecule has 1 aromatic heterocycles. The van der Waals surface area contributed by atoms with Crippen molar-refractivity contribution in [2.45, 2.75) is 44.2 Å². The van der Waals surface area contributed by atoms with E-state index in [1.165, 1.54) is 24.8 Å². The van der Waals surface area contributed by atoms with Gasteiger partial charge in [-0.3, -0.25) is 4.79 Å². The molecule has 140 valence electrons. The van der Waals surface area contributed by atoms with Gasteiger partial charge in [-0.2, -0.15) is 0 Å². The Balaban J connectivity index is 0.00000196. The third-order valence-electron chi connectivity index (χ3n) is 5.49. The first-order valence-corrected chi connectivity index (χ1v) is 9.29. The molecule has 7 heteroatoms. The summed E-state index contributed by atoms with van der Waals surface area (Å²) in [5, 5.41) is 14.9. The molecule has 1 aliphatic heterocycles. The first-order valence-electron chi connectivity index (χ1n) is 9.29. The van der Waals surface area contributed by atoms with E-state index in [0.29, 0.717) is 17.7 Å². The monoisotopic (exact) mass is 375 g/mol. The first kappa shape index (κ1) is 18.9. The molecule has 0 radical (unpaired) electrons. The smallest absolute Gasteiger partial charge is 0.273 e. The molecule has 2 fully saturated rings. The standard InChI is InChI=1S/C19H25N5O.ClH/c25-19(17-13-24(23-22-17)16-9-11-20-12-10-16)21-18(15-7-4-8-15)14-5-2-1-3-6-14;/h1-3,5-6,13,15-16,18,20H,4,7-12H2,(H,21,25);1H. The number of rotatable bonds is 5. The van der Waals surface area contributed by atoms with Crippen LogP contribution in [0.1, 0.15) is 60.2 Å². The predicted octanol–water partition coefficient (Wildman–Crippen LogP) is 2.90. The van der Waals surface area contributed by atoms with Gasteiger partial charge in [-0.25, -0.2) is 4.68 Å². The number of nitrogens with zero attached hydrogens (tertiary/aromatic N) is 3. The van der Waals surface area contributed by atoms with Gasteiger partial charge in [0.2, 0.25) is 0 Å². The SMILES string of the molecule is Cl.O=C(NC(c1ccccc1)C1CCC1)c1cn(C2CCNCC2)nn1. The van der Waals surface area contributed by atoms with Gasteiger partial charge in [-0.15, -0.1) is 17.5 Å². The summed E-state index contributed by atoms with van der Waals surface area (Å²) < 4.78 is 1.86. The highest BCUT2D eigenvalue weighted by Gasteiger charge is 2.30. The molecule has 4 rings (SSSR count). The number of hydrogen-bond donors (Lipinski definition) is 2. The Hall–Kier alpha value is -1.92. The van der Waals surface area contributed by atoms with E-state index in [9.17, 15) is 4.79 Å². The maximum atomic E-state index is 12.7. The number of nitrogens with one attached hydrogen (secondary N) is 2. The third-order valence-corrected chi connectivity index (χ3v) is 5.49. The summed E-state index contributed by atoms with van der Waals surface area (Å²) in [5.74, 6) is 0.395. The van der Waals surface area contributed by atoms with Gasteiger partial charge in [-0.05, 0) is 50.3 Å². The second-order valence-electron chi connectivity index (χ2n) is 7.12. The van der Waals surface area contributed by atoms with Crippen molar-refractivity contribution in [2.75, 3.05) is 13.1 Å². The van der Waals surface area contributed by atoms with Crippen LogP contribution in [0, 0.1) is 5.92 Å². The van der Waals surface area contributed by atoms with E-state index < -0.39 is 0 Å². The largest absolute Gasteiger partial charge is 0.344 e. The van der Waals surface area contributed by atoms with Gasteiger partial charge in [0, 0.05) is 0 Å². The van der Waals surface area contributed by atoms with Crippen molar-refractivity contribution in [3.63, 3.8) is 0 Å². The van der Waals surface area contributed by atoms with Crippen LogP contribution in [0.2, 0.25) is 0 Å². The van der Waals surface area contributed by atoms with Crippen LogP contribution in [0.25, 0.3) is 0 Å². The molecule has 0 bridgehead atoms. The number of aromatic nitrogens is 3. The van der Waals surface area contributed by atoms with Crippen LogP contribution in [-0.2, 0) is 0 Å². The number of amides is 1. The Bertz CT molecular complexity index is 710. The van der Waals surface area contributed by atoms with Crippen LogP contribution in [-0.4, -0.2) is 34.0 Å². The minimum atomic E-state index is -0.124. The molecule has 26 heavy (non-hydrogen) atoms. The quantitative estimate of drug-likeness (QED) is 0.842. The molecule has 2 N–H and O–H groups in total. The molecule has 1 saturated heterocycles. The van der Waals surface area contributed by atoms with E-state index in [1.54, 1.807) is 6.20 Å². The molecule has 1 aliphatic carbocycles. The van der Waals surface area contributed by atoms with Crippen molar-refractivity contribution in [1.82, 2.24) is 25.6 Å². The van der Waals surface area contributed by atoms with Crippen LogP contribution < -0.4 is 10.6 Å². The fourth-order valence-corrected chi connectivity index (χ4v) is 3.75. The van der Waals surface area contributed by atoms with Crippen LogP contribution in [0.4, 0.5) is 0 Å². The highest BCUT2D eigenvalue weighted by Crippen LogP contribution is 2.37. The van der Waals surface area contributed by atoms with Crippen LogP contribution in [0.3, 0.4) is 0 Å². The normalized spacial score (nSPS) is 19.2. The van der Waals surface area contributed by atoms with Crippen LogP contribution in [0.5, 0.6) is 0 Å². The molecule has 2 aromatic rings. The summed E-state index contributed by atoms with van der Waals surface area (Å²) in [7, 11) is 0. The lowest BCUT2D eigenvalue weighted by atomic mass is 9.77. The third kappa shape index (κ3) is 4.07. The Labute approximate surface area is 160 Å². The Morgan fingerprint density at radius 2 is 1.88 bits per heavy atom. The lowest BCUT2D eigenvalue weighted by molar-refractivity contribution is 0.0895. The second-order valence-corrected chi connectivity index (χ2v) is 7.12. The lowest BCUT2D eigenvalue weighted by Gasteiger charge is -2.34. The fourth-order valence-electron chi connectivity index (χ4n) is 3.75. The molecule has 1 aromatic carbocycles. The van der Waals surface area contributed by atoms with Gasteiger partial charge in [0.25, 0.3) is 5.91 Å². The molecule has 1 amide bonds. The Kier molecular flexibility index (Phi) is 6.27. The molecule has 1 saturated carbocycles. The van der Waals surface area contributed by atoms with Crippen molar-refractivity contribution in [1.29, 1.82) is 0 Å². The molecular formula is C19H26ClN5O. The van der Waals surface area contributed by atoms with E-state index in [2.05, 4.69) is 33.1 Å². The number of halogens is 1. The van der Waals surface area contributed by atoms with Crippen molar-refractivity contribution in [3.8, 4) is 0 Å². The second kappa shape index (κ2) is 8.64. The number of hydrogen-bond acceptors (Lipinski definition) is 4. The predicted molar refractivity (Wildman–Crippen MR) is 102 cm³/mol. The molecule has 6 nitrogen and oxygen atoms in total. The zero-order chi connectivity index (χ0) is 17.1. The molecule has 0 spiro atoms. The maximum Gasteiger partial charge on any atom is 0.273 e. The first-order chi connectivity index (χ1) is 12.3. The number of carbonyl (C=O) groups excluding carboxylic acids is 1. The summed E-state index contributed by atoms with van der Waals surface area (Å²) in [6, 6.07) is 10.7. The van der Waals surface area contributed by atoms with Gasteiger partial charge in [0.05, 0.1) is 18.3 Å². The Morgan fingerprint density at radius 1 is 1.15 bits per heavy atom. The number of benzene rings is 1. The van der Waals surface area contributed by atoms with Gasteiger partial charge in [0.1, 0.15) is 0 Å². The average molecular weight is 376 g/mol. The van der Waals surface area contributed by atoms with Gasteiger partial charge >= 0.3 is 0 Å². The average Bonchev–Trinajstić information content (AvgIpc) is 3.11. The van der Waals surface area contributed by atoms with Gasteiger partial charge < -0.3 is 10.6 Å². The summed E-state index contributed by atoms with van der Waals surface area (Å²) in [5.41, 5.74) is 1.59.